The third-order valence-electron chi connectivity index (χ3n) is 14.2. The zero-order valence-electron chi connectivity index (χ0n) is 20.5. The number of ether oxygens (including phenoxy) is 2. The predicted octanol–water partition coefficient (Wildman–Crippen LogP) is 6.35. The highest BCUT2D eigenvalue weighted by Crippen LogP contribution is 2.91. The first-order chi connectivity index (χ1) is 16.0. The van der Waals surface area contributed by atoms with Gasteiger partial charge in [0.15, 0.2) is 0 Å². The molecule has 10 rings (SSSR count). The lowest BCUT2D eigenvalue weighted by atomic mass is 9.44. The number of hydrogen-bond acceptors (Lipinski definition) is 3. The number of hydrogen-bond donors (Lipinski definition) is 0. The minimum atomic E-state index is -0.366. The van der Waals surface area contributed by atoms with E-state index in [1.54, 1.807) is 0 Å². The van der Waals surface area contributed by atoms with Gasteiger partial charge < -0.3 is 9.47 Å². The van der Waals surface area contributed by atoms with Crippen molar-refractivity contribution in [3.63, 3.8) is 0 Å². The third kappa shape index (κ3) is 2.08. The molecule has 10 fully saturated rings. The quantitative estimate of drug-likeness (QED) is 0.370. The summed E-state index contributed by atoms with van der Waals surface area (Å²) < 4.78 is 12.9. The van der Waals surface area contributed by atoms with Crippen LogP contribution in [0, 0.1) is 70.0 Å². The molecule has 8 atom stereocenters. The van der Waals surface area contributed by atoms with E-state index in [4.69, 9.17) is 9.47 Å². The lowest BCUT2D eigenvalue weighted by molar-refractivity contribution is -0.249. The summed E-state index contributed by atoms with van der Waals surface area (Å²) in [5.74, 6) is 8.22. The topological polar surface area (TPSA) is 35.5 Å². The van der Waals surface area contributed by atoms with Crippen LogP contribution in [0.5, 0.6) is 0 Å². The van der Waals surface area contributed by atoms with Crippen LogP contribution in [0.3, 0.4) is 0 Å². The highest BCUT2D eigenvalue weighted by atomic mass is 16.7. The molecule has 3 heteroatoms. The molecule has 3 nitrogen and oxygen atoms in total. The minimum Gasteiger partial charge on any atom is -0.436 e. The second kappa shape index (κ2) is 6.04. The van der Waals surface area contributed by atoms with Crippen LogP contribution in [0.2, 0.25) is 0 Å². The molecule has 0 amide bonds. The fourth-order valence-electron chi connectivity index (χ4n) is 14.7. The molecule has 0 aliphatic heterocycles. The van der Waals surface area contributed by atoms with Crippen molar-refractivity contribution in [2.24, 2.45) is 70.0 Å². The van der Waals surface area contributed by atoms with Crippen molar-refractivity contribution in [2.45, 2.75) is 109 Å². The maximum atomic E-state index is 13.7. The molecule has 0 N–H and O–H groups in total. The van der Waals surface area contributed by atoms with E-state index in [0.717, 1.165) is 53.8 Å². The van der Waals surface area contributed by atoms with E-state index in [2.05, 4.69) is 0 Å². The van der Waals surface area contributed by atoms with Gasteiger partial charge in [-0.2, -0.15) is 0 Å². The first-order valence-corrected chi connectivity index (χ1v) is 14.9. The van der Waals surface area contributed by atoms with Crippen LogP contribution in [0.15, 0.2) is 0 Å². The molecule has 10 saturated carbocycles. The zero-order valence-corrected chi connectivity index (χ0v) is 20.5. The summed E-state index contributed by atoms with van der Waals surface area (Å²) in [4.78, 5) is 13.7. The lowest BCUT2D eigenvalue weighted by Gasteiger charge is -2.60. The summed E-state index contributed by atoms with van der Waals surface area (Å²) in [6, 6.07) is 0. The molecule has 0 aromatic heterocycles. The van der Waals surface area contributed by atoms with E-state index in [1.807, 2.05) is 6.92 Å². The van der Waals surface area contributed by atoms with Crippen LogP contribution in [0.25, 0.3) is 0 Å². The molecule has 8 unspecified atom stereocenters. The van der Waals surface area contributed by atoms with Gasteiger partial charge in [0, 0.05) is 0 Å². The first kappa shape index (κ1) is 19.6. The highest BCUT2D eigenvalue weighted by Gasteiger charge is 2.86. The van der Waals surface area contributed by atoms with Gasteiger partial charge in [0.25, 0.3) is 0 Å². The first-order valence-electron chi connectivity index (χ1n) is 14.9. The average Bonchev–Trinajstić information content (AvgIpc) is 3.59. The standard InChI is InChI=1S/C30H42O3/c1-16(33-28-13-17-6-18(14-28)8-19(7-17)15-28)32-27(31)25-11-24-12-26(25)30-22-4-2-20(9-22)29(24,30)21-3-5-23(30)10-21/h16-26H,2-15H2,1H3. The maximum Gasteiger partial charge on any atom is 0.311 e. The molecule has 10 aliphatic carbocycles. The molecule has 33 heavy (non-hydrogen) atoms. The molecule has 0 aromatic rings. The Kier molecular flexibility index (Phi) is 3.59. The summed E-state index contributed by atoms with van der Waals surface area (Å²) in [6.45, 7) is 2.03. The number of carbonyl (C=O) groups excluding carboxylic acids is 1. The van der Waals surface area contributed by atoms with Gasteiger partial charge in [-0.05, 0) is 161 Å². The Morgan fingerprint density at radius 3 is 1.82 bits per heavy atom. The van der Waals surface area contributed by atoms with Crippen molar-refractivity contribution < 1.29 is 14.3 Å². The zero-order chi connectivity index (χ0) is 21.7. The van der Waals surface area contributed by atoms with Crippen LogP contribution in [0.1, 0.15) is 96.8 Å². The van der Waals surface area contributed by atoms with Crippen molar-refractivity contribution in [3.8, 4) is 0 Å². The Bertz CT molecular complexity index is 849. The molecular formula is C30H42O3. The second-order valence-corrected chi connectivity index (χ2v) is 14.9. The molecule has 0 aromatic carbocycles. The summed E-state index contributed by atoms with van der Waals surface area (Å²) in [6.07, 6.45) is 19.0. The maximum absolute atomic E-state index is 13.7. The largest absolute Gasteiger partial charge is 0.436 e. The number of esters is 1. The van der Waals surface area contributed by atoms with Gasteiger partial charge in [-0.1, -0.05) is 0 Å². The van der Waals surface area contributed by atoms with Gasteiger partial charge in [-0.25, -0.2) is 0 Å². The monoisotopic (exact) mass is 450 g/mol. The SMILES string of the molecule is CC(OC(=O)C1CC2CC1C13C4CCC(C4)C21C1CCC3C1)OC12CC3CC(CC(C3)C1)C2. The molecule has 10 aliphatic rings. The Balaban J connectivity index is 0.961. The van der Waals surface area contributed by atoms with Crippen molar-refractivity contribution in [3.05, 3.63) is 0 Å². The predicted molar refractivity (Wildman–Crippen MR) is 124 cm³/mol. The molecule has 180 valence electrons. The summed E-state index contributed by atoms with van der Waals surface area (Å²) in [5, 5.41) is 0. The normalized spacial score (nSPS) is 63.3. The third-order valence-corrected chi connectivity index (χ3v) is 14.2. The van der Waals surface area contributed by atoms with Gasteiger partial charge in [-0.3, -0.25) is 4.79 Å². The Labute approximate surface area is 199 Å². The fourth-order valence-corrected chi connectivity index (χ4v) is 14.7. The number of rotatable bonds is 4. The van der Waals surface area contributed by atoms with Crippen molar-refractivity contribution >= 4 is 5.97 Å². The van der Waals surface area contributed by atoms with E-state index in [1.165, 1.54) is 83.5 Å². The van der Waals surface area contributed by atoms with Gasteiger partial charge in [0.2, 0.25) is 6.29 Å². The van der Waals surface area contributed by atoms with E-state index in [-0.39, 0.29) is 23.8 Å². The van der Waals surface area contributed by atoms with E-state index in [9.17, 15) is 4.79 Å². The molecule has 0 saturated heterocycles. The summed E-state index contributed by atoms with van der Waals surface area (Å²) >= 11 is 0. The molecular weight excluding hydrogens is 408 g/mol. The van der Waals surface area contributed by atoms with E-state index >= 15 is 0 Å². The Morgan fingerprint density at radius 1 is 0.697 bits per heavy atom. The van der Waals surface area contributed by atoms with Crippen molar-refractivity contribution in [1.29, 1.82) is 0 Å². The van der Waals surface area contributed by atoms with Gasteiger partial charge >= 0.3 is 5.97 Å². The second-order valence-electron chi connectivity index (χ2n) is 14.9. The molecule has 10 bridgehead atoms. The summed E-state index contributed by atoms with van der Waals surface area (Å²) in [7, 11) is 0. The van der Waals surface area contributed by atoms with E-state index < -0.39 is 0 Å². The van der Waals surface area contributed by atoms with Gasteiger partial charge in [0.1, 0.15) is 0 Å². The molecule has 0 spiro atoms. The highest BCUT2D eigenvalue weighted by molar-refractivity contribution is 5.74. The molecule has 0 radical (unpaired) electrons. The van der Waals surface area contributed by atoms with E-state index in [0.29, 0.717) is 16.7 Å². The van der Waals surface area contributed by atoms with Crippen LogP contribution < -0.4 is 0 Å². The number of fused-ring (bicyclic) bond motifs is 6. The summed E-state index contributed by atoms with van der Waals surface area (Å²) in [5.41, 5.74) is 1.21. The van der Waals surface area contributed by atoms with Crippen LogP contribution in [-0.2, 0) is 14.3 Å². The fraction of sp³-hybridized carbons (Fsp3) is 0.967. The van der Waals surface area contributed by atoms with Crippen LogP contribution >= 0.6 is 0 Å². The van der Waals surface area contributed by atoms with Gasteiger partial charge in [-0.15, -0.1) is 0 Å². The van der Waals surface area contributed by atoms with Crippen LogP contribution in [-0.4, -0.2) is 17.9 Å². The van der Waals surface area contributed by atoms with Crippen molar-refractivity contribution in [2.75, 3.05) is 0 Å². The van der Waals surface area contributed by atoms with Crippen molar-refractivity contribution in [1.82, 2.24) is 0 Å². The Morgan fingerprint density at radius 2 is 1.24 bits per heavy atom. The smallest absolute Gasteiger partial charge is 0.311 e. The lowest BCUT2D eigenvalue weighted by Crippen LogP contribution is -2.57. The number of carbonyl (C=O) groups is 1. The Hall–Kier alpha value is -0.570. The van der Waals surface area contributed by atoms with Gasteiger partial charge in [0.05, 0.1) is 11.5 Å². The average molecular weight is 451 g/mol. The van der Waals surface area contributed by atoms with Crippen LogP contribution in [0.4, 0.5) is 0 Å². The molecule has 0 heterocycles. The minimum absolute atomic E-state index is 0.0200.